The number of H-pyrrole nitrogens is 1. The number of ether oxygens (including phenoxy) is 1. The molecule has 6 heteroatoms. The summed E-state index contributed by atoms with van der Waals surface area (Å²) in [6.07, 6.45) is 0. The molecule has 0 radical (unpaired) electrons. The lowest BCUT2D eigenvalue weighted by atomic mass is 10.0. The van der Waals surface area contributed by atoms with E-state index in [9.17, 15) is 4.79 Å². The lowest BCUT2D eigenvalue weighted by Gasteiger charge is -2.15. The van der Waals surface area contributed by atoms with Crippen LogP contribution in [0.1, 0.15) is 36.5 Å². The van der Waals surface area contributed by atoms with Gasteiger partial charge in [-0.15, -0.1) is 0 Å². The third-order valence-corrected chi connectivity index (χ3v) is 5.74. The molecule has 3 aromatic carbocycles. The molecule has 0 fully saturated rings. The number of benzene rings is 3. The molecule has 1 aromatic heterocycles. The van der Waals surface area contributed by atoms with Crippen molar-refractivity contribution in [3.05, 3.63) is 76.3 Å². The predicted molar refractivity (Wildman–Crippen MR) is 131 cm³/mol. The van der Waals surface area contributed by atoms with E-state index in [1.807, 2.05) is 56.3 Å². The van der Waals surface area contributed by atoms with Crippen molar-refractivity contribution in [2.24, 2.45) is 0 Å². The number of anilines is 1. The molecule has 0 aliphatic heterocycles. The molecule has 0 spiro atoms. The van der Waals surface area contributed by atoms with Crippen LogP contribution in [0.3, 0.4) is 0 Å². The Morgan fingerprint density at radius 1 is 1.12 bits per heavy atom. The summed E-state index contributed by atoms with van der Waals surface area (Å²) < 4.78 is 5.85. The van der Waals surface area contributed by atoms with Gasteiger partial charge in [0.25, 0.3) is 5.91 Å². The number of hydrogen-bond acceptors (Lipinski definition) is 3. The summed E-state index contributed by atoms with van der Waals surface area (Å²) in [7, 11) is 0. The van der Waals surface area contributed by atoms with Crippen LogP contribution in [0.15, 0.2) is 54.6 Å². The summed E-state index contributed by atoms with van der Waals surface area (Å²) >= 11 is 6.22. The Balaban J connectivity index is 1.48. The van der Waals surface area contributed by atoms with Gasteiger partial charge in [0.05, 0.1) is 11.0 Å². The second kappa shape index (κ2) is 9.05. The zero-order chi connectivity index (χ0) is 22.8. The Kier molecular flexibility index (Phi) is 6.19. The number of amides is 1. The van der Waals surface area contributed by atoms with Crippen molar-refractivity contribution in [1.82, 2.24) is 9.97 Å². The zero-order valence-corrected chi connectivity index (χ0v) is 19.4. The maximum Gasteiger partial charge on any atom is 0.262 e. The van der Waals surface area contributed by atoms with Crippen LogP contribution in [0.2, 0.25) is 5.02 Å². The van der Waals surface area contributed by atoms with Gasteiger partial charge in [-0.05, 0) is 66.8 Å². The number of carbonyl (C=O) groups excluding carboxylic acids is 1. The topological polar surface area (TPSA) is 67.0 Å². The highest BCUT2D eigenvalue weighted by Gasteiger charge is 2.12. The van der Waals surface area contributed by atoms with Crippen LogP contribution >= 0.6 is 11.6 Å². The quantitative estimate of drug-likeness (QED) is 0.348. The van der Waals surface area contributed by atoms with Crippen LogP contribution in [0, 0.1) is 13.8 Å². The molecule has 4 rings (SSSR count). The number of nitrogens with one attached hydrogen (secondary N) is 2. The lowest BCUT2D eigenvalue weighted by Crippen LogP contribution is -2.20. The average Bonchev–Trinajstić information content (AvgIpc) is 3.15. The van der Waals surface area contributed by atoms with Gasteiger partial charge in [-0.3, -0.25) is 4.79 Å². The number of aromatic amines is 1. The summed E-state index contributed by atoms with van der Waals surface area (Å²) in [5.41, 5.74) is 6.45. The number of imidazole rings is 1. The van der Waals surface area contributed by atoms with Gasteiger partial charge in [0.1, 0.15) is 11.6 Å². The average molecular weight is 448 g/mol. The van der Waals surface area contributed by atoms with E-state index < -0.39 is 0 Å². The summed E-state index contributed by atoms with van der Waals surface area (Å²) in [5.74, 6) is 1.56. The first-order chi connectivity index (χ1) is 15.3. The summed E-state index contributed by atoms with van der Waals surface area (Å²) in [6.45, 7) is 8.12. The monoisotopic (exact) mass is 447 g/mol. The van der Waals surface area contributed by atoms with Crippen molar-refractivity contribution < 1.29 is 9.53 Å². The van der Waals surface area contributed by atoms with Gasteiger partial charge in [0, 0.05) is 16.3 Å². The van der Waals surface area contributed by atoms with Crippen LogP contribution in [-0.4, -0.2) is 22.5 Å². The van der Waals surface area contributed by atoms with Crippen molar-refractivity contribution in [3.63, 3.8) is 0 Å². The predicted octanol–water partition coefficient (Wildman–Crippen LogP) is 6.64. The van der Waals surface area contributed by atoms with E-state index in [0.29, 0.717) is 16.6 Å². The smallest absolute Gasteiger partial charge is 0.262 e. The first-order valence-electron chi connectivity index (χ1n) is 10.6. The first kappa shape index (κ1) is 21.9. The van der Waals surface area contributed by atoms with Gasteiger partial charge in [0.2, 0.25) is 0 Å². The van der Waals surface area contributed by atoms with Gasteiger partial charge >= 0.3 is 0 Å². The van der Waals surface area contributed by atoms with E-state index in [2.05, 4.69) is 41.3 Å². The molecule has 164 valence electrons. The van der Waals surface area contributed by atoms with Crippen LogP contribution < -0.4 is 10.1 Å². The highest BCUT2D eigenvalue weighted by Crippen LogP contribution is 2.28. The van der Waals surface area contributed by atoms with Crippen LogP contribution in [0.25, 0.3) is 22.4 Å². The molecular formula is C26H26ClN3O2. The highest BCUT2D eigenvalue weighted by molar-refractivity contribution is 6.32. The summed E-state index contributed by atoms with van der Waals surface area (Å²) in [4.78, 5) is 20.5. The standard InChI is InChI=1S/C26H26ClN3O2/c1-15(2)20-9-8-16(3)10-24(20)32-14-25(31)28-19-7-5-6-18(12-19)26-29-22-11-17(4)21(27)13-23(22)30-26/h5-13,15H,14H2,1-4H3,(H,28,31)(H,29,30). The molecular weight excluding hydrogens is 422 g/mol. The minimum atomic E-state index is -0.217. The highest BCUT2D eigenvalue weighted by atomic mass is 35.5. The molecule has 4 aromatic rings. The van der Waals surface area contributed by atoms with E-state index in [-0.39, 0.29) is 12.5 Å². The van der Waals surface area contributed by atoms with Gasteiger partial charge < -0.3 is 15.0 Å². The maximum atomic E-state index is 12.5. The van der Waals surface area contributed by atoms with Crippen LogP contribution in [0.5, 0.6) is 5.75 Å². The third-order valence-electron chi connectivity index (χ3n) is 5.33. The Hall–Kier alpha value is -3.31. The largest absolute Gasteiger partial charge is 0.483 e. The Morgan fingerprint density at radius 2 is 1.94 bits per heavy atom. The van der Waals surface area contributed by atoms with Crippen molar-refractivity contribution >= 4 is 34.2 Å². The van der Waals surface area contributed by atoms with Gasteiger partial charge in [-0.1, -0.05) is 49.7 Å². The van der Waals surface area contributed by atoms with Gasteiger partial charge in [-0.2, -0.15) is 0 Å². The molecule has 0 saturated heterocycles. The molecule has 0 saturated carbocycles. The molecule has 32 heavy (non-hydrogen) atoms. The molecule has 1 heterocycles. The fourth-order valence-electron chi connectivity index (χ4n) is 3.60. The molecule has 0 bridgehead atoms. The Morgan fingerprint density at radius 3 is 2.72 bits per heavy atom. The number of nitrogens with zero attached hydrogens (tertiary/aromatic N) is 1. The number of carbonyl (C=O) groups is 1. The van der Waals surface area contributed by atoms with E-state index >= 15 is 0 Å². The fraction of sp³-hybridized carbons (Fsp3) is 0.231. The van der Waals surface area contributed by atoms with E-state index in [1.54, 1.807) is 0 Å². The van der Waals surface area contributed by atoms with E-state index in [4.69, 9.17) is 16.3 Å². The Labute approximate surface area is 192 Å². The normalized spacial score (nSPS) is 11.2. The van der Waals surface area contributed by atoms with Crippen LogP contribution in [-0.2, 0) is 4.79 Å². The van der Waals surface area contributed by atoms with Crippen molar-refractivity contribution in [2.45, 2.75) is 33.6 Å². The van der Waals surface area contributed by atoms with Gasteiger partial charge in [-0.25, -0.2) is 4.98 Å². The van der Waals surface area contributed by atoms with Crippen LogP contribution in [0.4, 0.5) is 5.69 Å². The third kappa shape index (κ3) is 4.78. The number of aromatic nitrogens is 2. The number of hydrogen-bond donors (Lipinski definition) is 2. The van der Waals surface area contributed by atoms with Gasteiger partial charge in [0.15, 0.2) is 6.61 Å². The minimum Gasteiger partial charge on any atom is -0.483 e. The molecule has 0 aliphatic rings. The number of rotatable bonds is 6. The minimum absolute atomic E-state index is 0.0597. The summed E-state index contributed by atoms with van der Waals surface area (Å²) in [6, 6.07) is 17.5. The number of halogens is 1. The SMILES string of the molecule is Cc1ccc(C(C)C)c(OCC(=O)Nc2cccc(-c3nc4cc(Cl)c(C)cc4[nH]3)c2)c1. The molecule has 0 unspecified atom stereocenters. The summed E-state index contributed by atoms with van der Waals surface area (Å²) in [5, 5.41) is 3.60. The Bertz CT molecular complexity index is 1250. The zero-order valence-electron chi connectivity index (χ0n) is 18.6. The van der Waals surface area contributed by atoms with E-state index in [0.717, 1.165) is 44.9 Å². The fourth-order valence-corrected chi connectivity index (χ4v) is 3.76. The van der Waals surface area contributed by atoms with Crippen molar-refractivity contribution in [1.29, 1.82) is 0 Å². The maximum absolute atomic E-state index is 12.5. The molecule has 0 atom stereocenters. The second-order valence-electron chi connectivity index (χ2n) is 8.32. The number of aryl methyl sites for hydroxylation is 2. The first-order valence-corrected chi connectivity index (χ1v) is 11.0. The van der Waals surface area contributed by atoms with Crippen molar-refractivity contribution in [2.75, 3.05) is 11.9 Å². The van der Waals surface area contributed by atoms with Crippen molar-refractivity contribution in [3.8, 4) is 17.1 Å². The lowest BCUT2D eigenvalue weighted by molar-refractivity contribution is -0.118. The molecule has 0 aliphatic carbocycles. The van der Waals surface area contributed by atoms with E-state index in [1.165, 1.54) is 0 Å². The molecule has 5 nitrogen and oxygen atoms in total. The molecule has 1 amide bonds. The molecule has 2 N–H and O–H groups in total. The second-order valence-corrected chi connectivity index (χ2v) is 8.72. The number of fused-ring (bicyclic) bond motifs is 1.